The predicted octanol–water partition coefficient (Wildman–Crippen LogP) is 3.04. The Labute approximate surface area is 92.2 Å². The van der Waals surface area contributed by atoms with Gasteiger partial charge in [-0.05, 0) is 24.1 Å². The summed E-state index contributed by atoms with van der Waals surface area (Å²) in [5.41, 5.74) is 6.66. The standard InChI is InChI=1S/C11H14F3NO/c1-2-10(15)8-3-5-9(6-4-8)16-7-11(12,13)14/h3-6,10H,2,7,15H2,1H3. The first-order valence-electron chi connectivity index (χ1n) is 4.97. The van der Waals surface area contributed by atoms with Gasteiger partial charge >= 0.3 is 6.18 Å². The summed E-state index contributed by atoms with van der Waals surface area (Å²) in [6.07, 6.45) is -3.53. The zero-order valence-corrected chi connectivity index (χ0v) is 8.92. The van der Waals surface area contributed by atoms with E-state index in [9.17, 15) is 13.2 Å². The first-order chi connectivity index (χ1) is 7.42. The van der Waals surface area contributed by atoms with Crippen molar-refractivity contribution in [1.82, 2.24) is 0 Å². The molecule has 16 heavy (non-hydrogen) atoms. The highest BCUT2D eigenvalue weighted by atomic mass is 19.4. The largest absolute Gasteiger partial charge is 0.484 e. The fraction of sp³-hybridized carbons (Fsp3) is 0.455. The summed E-state index contributed by atoms with van der Waals surface area (Å²) in [5.74, 6) is 0.198. The molecule has 0 aliphatic heterocycles. The second-order valence-electron chi connectivity index (χ2n) is 3.49. The van der Waals surface area contributed by atoms with Gasteiger partial charge in [0.1, 0.15) is 5.75 Å². The van der Waals surface area contributed by atoms with Gasteiger partial charge in [0.25, 0.3) is 0 Å². The zero-order valence-electron chi connectivity index (χ0n) is 8.92. The molecule has 1 aromatic carbocycles. The zero-order chi connectivity index (χ0) is 12.2. The SMILES string of the molecule is CCC(N)c1ccc(OCC(F)(F)F)cc1. The number of hydrogen-bond acceptors (Lipinski definition) is 2. The molecule has 1 atom stereocenters. The summed E-state index contributed by atoms with van der Waals surface area (Å²) in [7, 11) is 0. The number of hydrogen-bond donors (Lipinski definition) is 1. The molecule has 90 valence electrons. The normalized spacial score (nSPS) is 13.6. The lowest BCUT2D eigenvalue weighted by molar-refractivity contribution is -0.153. The highest BCUT2D eigenvalue weighted by Gasteiger charge is 2.28. The molecule has 1 aromatic rings. The molecule has 0 saturated heterocycles. The van der Waals surface area contributed by atoms with Gasteiger partial charge in [-0.3, -0.25) is 0 Å². The van der Waals surface area contributed by atoms with E-state index < -0.39 is 12.8 Å². The minimum atomic E-state index is -4.31. The van der Waals surface area contributed by atoms with Gasteiger partial charge in [0.2, 0.25) is 0 Å². The van der Waals surface area contributed by atoms with Crippen molar-refractivity contribution in [3.05, 3.63) is 29.8 Å². The van der Waals surface area contributed by atoms with Crippen molar-refractivity contribution in [3.63, 3.8) is 0 Å². The van der Waals surface area contributed by atoms with Crippen LogP contribution in [0.15, 0.2) is 24.3 Å². The van der Waals surface area contributed by atoms with Gasteiger partial charge in [-0.15, -0.1) is 0 Å². The van der Waals surface area contributed by atoms with E-state index in [-0.39, 0.29) is 11.8 Å². The van der Waals surface area contributed by atoms with Gasteiger partial charge < -0.3 is 10.5 Å². The predicted molar refractivity (Wildman–Crippen MR) is 55.2 cm³/mol. The van der Waals surface area contributed by atoms with Crippen LogP contribution in [0.2, 0.25) is 0 Å². The summed E-state index contributed by atoms with van der Waals surface area (Å²) in [6, 6.07) is 6.27. The van der Waals surface area contributed by atoms with Crippen molar-refractivity contribution < 1.29 is 17.9 Å². The maximum absolute atomic E-state index is 11.9. The van der Waals surface area contributed by atoms with Crippen molar-refractivity contribution in [2.24, 2.45) is 5.73 Å². The quantitative estimate of drug-likeness (QED) is 0.867. The van der Waals surface area contributed by atoms with Crippen molar-refractivity contribution in [2.45, 2.75) is 25.6 Å². The van der Waals surface area contributed by atoms with E-state index in [1.165, 1.54) is 12.1 Å². The van der Waals surface area contributed by atoms with Gasteiger partial charge in [0.15, 0.2) is 6.61 Å². The Morgan fingerprint density at radius 1 is 1.25 bits per heavy atom. The highest BCUT2D eigenvalue weighted by Crippen LogP contribution is 2.21. The molecule has 2 nitrogen and oxygen atoms in total. The van der Waals surface area contributed by atoms with Gasteiger partial charge in [-0.2, -0.15) is 13.2 Å². The van der Waals surface area contributed by atoms with Crippen molar-refractivity contribution in [3.8, 4) is 5.75 Å². The topological polar surface area (TPSA) is 35.2 Å². The Balaban J connectivity index is 2.58. The molecular formula is C11H14F3NO. The summed E-state index contributed by atoms with van der Waals surface area (Å²) in [6.45, 7) is 0.672. The van der Waals surface area contributed by atoms with Gasteiger partial charge in [0.05, 0.1) is 0 Å². The number of alkyl halides is 3. The van der Waals surface area contributed by atoms with E-state index in [2.05, 4.69) is 4.74 Å². The van der Waals surface area contributed by atoms with Crippen LogP contribution < -0.4 is 10.5 Å². The van der Waals surface area contributed by atoms with Crippen LogP contribution >= 0.6 is 0 Å². The van der Waals surface area contributed by atoms with Gasteiger partial charge in [-0.1, -0.05) is 19.1 Å². The first kappa shape index (κ1) is 12.8. The van der Waals surface area contributed by atoms with Crippen LogP contribution in [-0.4, -0.2) is 12.8 Å². The number of ether oxygens (including phenoxy) is 1. The molecule has 0 spiro atoms. The van der Waals surface area contributed by atoms with Gasteiger partial charge in [0, 0.05) is 6.04 Å². The third-order valence-corrected chi connectivity index (χ3v) is 2.15. The Morgan fingerprint density at radius 3 is 2.25 bits per heavy atom. The fourth-order valence-corrected chi connectivity index (χ4v) is 1.21. The third kappa shape index (κ3) is 4.10. The average Bonchev–Trinajstić information content (AvgIpc) is 2.25. The molecule has 0 saturated carbocycles. The smallest absolute Gasteiger partial charge is 0.422 e. The van der Waals surface area contributed by atoms with Crippen molar-refractivity contribution in [2.75, 3.05) is 6.61 Å². The molecular weight excluding hydrogens is 219 g/mol. The monoisotopic (exact) mass is 233 g/mol. The number of rotatable bonds is 4. The molecule has 1 rings (SSSR count). The van der Waals surface area contributed by atoms with Gasteiger partial charge in [-0.25, -0.2) is 0 Å². The maximum Gasteiger partial charge on any atom is 0.422 e. The second-order valence-corrected chi connectivity index (χ2v) is 3.49. The first-order valence-corrected chi connectivity index (χ1v) is 4.97. The molecule has 0 aliphatic rings. The summed E-state index contributed by atoms with van der Waals surface area (Å²) in [5, 5.41) is 0. The number of nitrogens with two attached hydrogens (primary N) is 1. The van der Waals surface area contributed by atoms with Crippen LogP contribution in [0.25, 0.3) is 0 Å². The molecule has 2 N–H and O–H groups in total. The lowest BCUT2D eigenvalue weighted by Crippen LogP contribution is -2.19. The Hall–Kier alpha value is -1.23. The van der Waals surface area contributed by atoms with Crippen molar-refractivity contribution >= 4 is 0 Å². The van der Waals surface area contributed by atoms with E-state index in [4.69, 9.17) is 5.73 Å². The summed E-state index contributed by atoms with van der Waals surface area (Å²) in [4.78, 5) is 0. The van der Waals surface area contributed by atoms with Crippen LogP contribution in [-0.2, 0) is 0 Å². The van der Waals surface area contributed by atoms with Crippen LogP contribution in [0.4, 0.5) is 13.2 Å². The van der Waals surface area contributed by atoms with Crippen LogP contribution in [0, 0.1) is 0 Å². The molecule has 0 amide bonds. The molecule has 0 aromatic heterocycles. The van der Waals surface area contributed by atoms with Crippen LogP contribution in [0.1, 0.15) is 24.9 Å². The molecule has 0 aliphatic carbocycles. The molecule has 0 fully saturated rings. The molecule has 1 unspecified atom stereocenters. The van der Waals surface area contributed by atoms with Crippen LogP contribution in [0.5, 0.6) is 5.75 Å². The average molecular weight is 233 g/mol. The fourth-order valence-electron chi connectivity index (χ4n) is 1.21. The molecule has 5 heteroatoms. The lowest BCUT2D eigenvalue weighted by Gasteiger charge is -2.11. The summed E-state index contributed by atoms with van der Waals surface area (Å²) < 4.78 is 40.1. The minimum Gasteiger partial charge on any atom is -0.484 e. The maximum atomic E-state index is 11.9. The highest BCUT2D eigenvalue weighted by molar-refractivity contribution is 5.28. The van der Waals surface area contributed by atoms with E-state index in [0.29, 0.717) is 0 Å². The molecule has 0 radical (unpaired) electrons. The van der Waals surface area contributed by atoms with E-state index in [0.717, 1.165) is 12.0 Å². The Morgan fingerprint density at radius 2 is 1.81 bits per heavy atom. The Bertz CT molecular complexity index is 321. The number of halogens is 3. The van der Waals surface area contributed by atoms with E-state index in [1.54, 1.807) is 12.1 Å². The van der Waals surface area contributed by atoms with Crippen LogP contribution in [0.3, 0.4) is 0 Å². The molecule has 0 bridgehead atoms. The number of benzene rings is 1. The minimum absolute atomic E-state index is 0.0864. The third-order valence-electron chi connectivity index (χ3n) is 2.15. The molecule has 0 heterocycles. The van der Waals surface area contributed by atoms with Crippen molar-refractivity contribution in [1.29, 1.82) is 0 Å². The van der Waals surface area contributed by atoms with E-state index in [1.807, 2.05) is 6.92 Å². The summed E-state index contributed by atoms with van der Waals surface area (Å²) >= 11 is 0. The lowest BCUT2D eigenvalue weighted by atomic mass is 10.1. The second kappa shape index (κ2) is 5.21. The Kier molecular flexibility index (Phi) is 4.18. The van der Waals surface area contributed by atoms with E-state index >= 15 is 0 Å².